The number of hydrogen-bond acceptors (Lipinski definition) is 3. The Morgan fingerprint density at radius 2 is 2.00 bits per heavy atom. The van der Waals surface area contributed by atoms with Gasteiger partial charge in [0.2, 0.25) is 4.80 Å². The highest BCUT2D eigenvalue weighted by atomic mass is 79.9. The Kier molecular flexibility index (Phi) is 5.83. The lowest BCUT2D eigenvalue weighted by atomic mass is 10.2. The molecular formula is C18H14BrClFN3S. The molecule has 0 atom stereocenters. The maximum absolute atomic E-state index is 14.0. The van der Waals surface area contributed by atoms with Crippen LogP contribution in [-0.2, 0) is 0 Å². The van der Waals surface area contributed by atoms with Crippen molar-refractivity contribution in [3.63, 3.8) is 0 Å². The molecule has 3 aromatic rings. The van der Waals surface area contributed by atoms with E-state index in [4.69, 9.17) is 11.6 Å². The molecule has 0 aliphatic carbocycles. The molecule has 7 heteroatoms. The van der Waals surface area contributed by atoms with Crippen LogP contribution < -0.4 is 4.80 Å². The largest absolute Gasteiger partial charge is 0.258 e. The molecule has 0 bridgehead atoms. The normalized spacial score (nSPS) is 12.2. The number of aromatic nitrogens is 1. The van der Waals surface area contributed by atoms with Crippen LogP contribution in [0.4, 0.5) is 4.39 Å². The Bertz CT molecular complexity index is 956. The topological polar surface area (TPSA) is 29.6 Å². The predicted molar refractivity (Wildman–Crippen MR) is 106 cm³/mol. The number of thiazole rings is 1. The van der Waals surface area contributed by atoms with Crippen LogP contribution in [0.1, 0.15) is 12.5 Å². The van der Waals surface area contributed by atoms with Gasteiger partial charge in [0.1, 0.15) is 5.82 Å². The minimum atomic E-state index is -0.411. The second kappa shape index (κ2) is 8.08. The lowest BCUT2D eigenvalue weighted by Gasteiger charge is -2.04. The number of benzene rings is 2. The van der Waals surface area contributed by atoms with Crippen molar-refractivity contribution in [1.82, 2.24) is 4.68 Å². The third kappa shape index (κ3) is 4.08. The highest BCUT2D eigenvalue weighted by Crippen LogP contribution is 2.23. The van der Waals surface area contributed by atoms with Gasteiger partial charge in [-0.2, -0.15) is 5.10 Å². The molecule has 2 aromatic carbocycles. The van der Waals surface area contributed by atoms with E-state index in [1.807, 2.05) is 36.6 Å². The predicted octanol–water partition coefficient (Wildman–Crippen LogP) is 5.57. The van der Waals surface area contributed by atoms with E-state index in [1.54, 1.807) is 16.8 Å². The zero-order chi connectivity index (χ0) is 17.8. The Balaban J connectivity index is 2.11. The summed E-state index contributed by atoms with van der Waals surface area (Å²) in [4.78, 5) is 5.20. The fraction of sp³-hybridized carbons (Fsp3) is 0.111. The second-order valence-electron chi connectivity index (χ2n) is 5.08. The average Bonchev–Trinajstić information content (AvgIpc) is 2.98. The lowest BCUT2D eigenvalue weighted by molar-refractivity contribution is 0.625. The standard InChI is InChI=1S/C18H14BrClFN3S/c1-2-22-18-24(23-10-14-15(20)4-3-5-16(14)21)17(11-25-18)12-6-8-13(19)9-7-12/h3-11H,2H2,1H3. The molecule has 0 fully saturated rings. The molecule has 0 saturated carbocycles. The molecule has 1 heterocycles. The molecule has 0 N–H and O–H groups in total. The van der Waals surface area contributed by atoms with E-state index in [-0.39, 0.29) is 5.56 Å². The molecular weight excluding hydrogens is 425 g/mol. The first-order valence-electron chi connectivity index (χ1n) is 7.55. The van der Waals surface area contributed by atoms with Gasteiger partial charge in [-0.15, -0.1) is 11.3 Å². The summed E-state index contributed by atoms with van der Waals surface area (Å²) >= 11 is 11.0. The SMILES string of the molecule is CCN=c1scc(-c2ccc(Br)cc2)n1N=Cc1c(F)cccc1Cl. The molecule has 0 aliphatic heterocycles. The van der Waals surface area contributed by atoms with Gasteiger partial charge in [0.15, 0.2) is 0 Å². The van der Waals surface area contributed by atoms with Crippen LogP contribution in [0.3, 0.4) is 0 Å². The minimum Gasteiger partial charge on any atom is -0.258 e. The van der Waals surface area contributed by atoms with Crippen LogP contribution in [0.25, 0.3) is 11.3 Å². The van der Waals surface area contributed by atoms with E-state index in [1.165, 1.54) is 23.6 Å². The molecule has 1 aromatic heterocycles. The maximum atomic E-state index is 14.0. The van der Waals surface area contributed by atoms with Crippen LogP contribution in [0.2, 0.25) is 5.02 Å². The first-order valence-corrected chi connectivity index (χ1v) is 9.60. The monoisotopic (exact) mass is 437 g/mol. The van der Waals surface area contributed by atoms with Gasteiger partial charge in [-0.25, -0.2) is 9.07 Å². The van der Waals surface area contributed by atoms with Crippen LogP contribution in [0.15, 0.2) is 62.4 Å². The quantitative estimate of drug-likeness (QED) is 0.476. The van der Waals surface area contributed by atoms with E-state index in [0.717, 1.165) is 20.5 Å². The summed E-state index contributed by atoms with van der Waals surface area (Å²) in [5.41, 5.74) is 2.13. The second-order valence-corrected chi connectivity index (χ2v) is 7.24. The van der Waals surface area contributed by atoms with E-state index in [0.29, 0.717) is 11.6 Å². The first-order chi connectivity index (χ1) is 12.1. The number of hydrogen-bond donors (Lipinski definition) is 0. The Morgan fingerprint density at radius 1 is 1.24 bits per heavy atom. The summed E-state index contributed by atoms with van der Waals surface area (Å²) in [5.74, 6) is -0.411. The van der Waals surface area contributed by atoms with Crippen LogP contribution in [0.5, 0.6) is 0 Å². The van der Waals surface area contributed by atoms with Gasteiger partial charge >= 0.3 is 0 Å². The van der Waals surface area contributed by atoms with E-state index in [9.17, 15) is 4.39 Å². The van der Waals surface area contributed by atoms with Crippen molar-refractivity contribution in [3.05, 3.63) is 73.5 Å². The summed E-state index contributed by atoms with van der Waals surface area (Å²) in [6.07, 6.45) is 1.43. The first kappa shape index (κ1) is 18.0. The summed E-state index contributed by atoms with van der Waals surface area (Å²) < 4.78 is 16.7. The summed E-state index contributed by atoms with van der Waals surface area (Å²) in [6.45, 7) is 2.59. The van der Waals surface area contributed by atoms with Gasteiger partial charge in [0.25, 0.3) is 0 Å². The molecule has 128 valence electrons. The third-order valence-electron chi connectivity index (χ3n) is 3.42. The molecule has 0 spiro atoms. The van der Waals surface area contributed by atoms with Crippen molar-refractivity contribution in [2.75, 3.05) is 6.54 Å². The number of rotatable bonds is 4. The Labute approximate surface area is 162 Å². The van der Waals surface area contributed by atoms with Gasteiger partial charge in [-0.05, 0) is 31.2 Å². The molecule has 0 aliphatic rings. The zero-order valence-corrected chi connectivity index (χ0v) is 16.4. The highest BCUT2D eigenvalue weighted by molar-refractivity contribution is 9.10. The lowest BCUT2D eigenvalue weighted by Crippen LogP contribution is -2.12. The maximum Gasteiger partial charge on any atom is 0.206 e. The van der Waals surface area contributed by atoms with Crippen molar-refractivity contribution < 1.29 is 4.39 Å². The Morgan fingerprint density at radius 3 is 2.68 bits per heavy atom. The fourth-order valence-corrected chi connectivity index (χ4v) is 3.60. The molecule has 3 rings (SSSR count). The highest BCUT2D eigenvalue weighted by Gasteiger charge is 2.09. The molecule has 0 radical (unpaired) electrons. The summed E-state index contributed by atoms with van der Waals surface area (Å²) in [6, 6.07) is 12.5. The van der Waals surface area contributed by atoms with Crippen molar-refractivity contribution in [1.29, 1.82) is 0 Å². The fourth-order valence-electron chi connectivity index (χ4n) is 2.22. The molecule has 25 heavy (non-hydrogen) atoms. The van der Waals surface area contributed by atoms with Crippen molar-refractivity contribution >= 4 is 45.1 Å². The molecule has 0 saturated heterocycles. The molecule has 3 nitrogen and oxygen atoms in total. The number of halogens is 3. The zero-order valence-electron chi connectivity index (χ0n) is 13.3. The van der Waals surface area contributed by atoms with E-state index in [2.05, 4.69) is 26.0 Å². The van der Waals surface area contributed by atoms with Gasteiger partial charge < -0.3 is 0 Å². The van der Waals surface area contributed by atoms with Gasteiger partial charge in [0, 0.05) is 27.5 Å². The molecule has 0 amide bonds. The summed E-state index contributed by atoms with van der Waals surface area (Å²) in [7, 11) is 0. The van der Waals surface area contributed by atoms with Crippen LogP contribution in [-0.4, -0.2) is 17.4 Å². The molecule has 0 unspecified atom stereocenters. The van der Waals surface area contributed by atoms with Crippen molar-refractivity contribution in [3.8, 4) is 11.3 Å². The van der Waals surface area contributed by atoms with Gasteiger partial charge in [0.05, 0.1) is 16.9 Å². The van der Waals surface area contributed by atoms with E-state index >= 15 is 0 Å². The third-order valence-corrected chi connectivity index (χ3v) is 5.13. The Hall–Kier alpha value is -1.76. The summed E-state index contributed by atoms with van der Waals surface area (Å²) in [5, 5.41) is 6.75. The van der Waals surface area contributed by atoms with E-state index < -0.39 is 5.82 Å². The average molecular weight is 439 g/mol. The number of nitrogens with zero attached hydrogens (tertiary/aromatic N) is 3. The van der Waals surface area contributed by atoms with Gasteiger partial charge in [-0.3, -0.25) is 4.99 Å². The van der Waals surface area contributed by atoms with Crippen molar-refractivity contribution in [2.24, 2.45) is 10.1 Å². The van der Waals surface area contributed by atoms with Crippen molar-refractivity contribution in [2.45, 2.75) is 6.92 Å². The van der Waals surface area contributed by atoms with Crippen LogP contribution in [0, 0.1) is 5.82 Å². The minimum absolute atomic E-state index is 0.257. The smallest absolute Gasteiger partial charge is 0.206 e. The van der Waals surface area contributed by atoms with Crippen LogP contribution >= 0.6 is 38.9 Å². The van der Waals surface area contributed by atoms with Gasteiger partial charge in [-0.1, -0.05) is 45.7 Å².